The Morgan fingerprint density at radius 2 is 1.53 bits per heavy atom. The molecule has 19 heavy (non-hydrogen) atoms. The van der Waals surface area contributed by atoms with Crippen LogP contribution in [-0.4, -0.2) is 23.6 Å². The molecule has 0 heterocycles. The molecule has 0 fully saturated rings. The molecule has 114 valence electrons. The highest BCUT2D eigenvalue weighted by Crippen LogP contribution is 2.12. The quantitative estimate of drug-likeness (QED) is 0.420. The van der Waals surface area contributed by atoms with Gasteiger partial charge in [-0.25, -0.2) is 0 Å². The summed E-state index contributed by atoms with van der Waals surface area (Å²) in [7, 11) is -3.32. The maximum Gasteiger partial charge on any atom is 0.384 e. The molecule has 0 bridgehead atoms. The summed E-state index contributed by atoms with van der Waals surface area (Å²) in [6.07, 6.45) is 9.12. The van der Waals surface area contributed by atoms with Gasteiger partial charge < -0.3 is 8.54 Å². The molecule has 0 aliphatic rings. The predicted octanol–water partition coefficient (Wildman–Crippen LogP) is 4.37. The third-order valence-corrected chi connectivity index (χ3v) is 7.74. The lowest BCUT2D eigenvalue weighted by Crippen LogP contribution is -2.40. The fraction of sp³-hybridized carbons (Fsp3) is 0.929. The zero-order valence-corrected chi connectivity index (χ0v) is 15.6. The smallest absolute Gasteiger partial charge is 0.384 e. The zero-order chi connectivity index (χ0) is 14.7. The Labute approximate surface area is 122 Å². The van der Waals surface area contributed by atoms with Crippen molar-refractivity contribution in [3.05, 3.63) is 0 Å². The standard InChI is InChI=1S/C14H32O3Si2/c1-6-7-8-9-10-11-12-13-14(15)16-19(4,5)17-18(2)3/h18H,6-13H2,1-5H3. The highest BCUT2D eigenvalue weighted by Gasteiger charge is 2.29. The van der Waals surface area contributed by atoms with Gasteiger partial charge in [0.15, 0.2) is 9.04 Å². The molecule has 0 radical (unpaired) electrons. The molecule has 0 aliphatic carbocycles. The minimum absolute atomic E-state index is 0.0696. The van der Waals surface area contributed by atoms with Gasteiger partial charge in [0, 0.05) is 6.42 Å². The van der Waals surface area contributed by atoms with Crippen LogP contribution in [0.4, 0.5) is 0 Å². The minimum Gasteiger partial charge on any atom is -0.495 e. The van der Waals surface area contributed by atoms with Crippen LogP contribution >= 0.6 is 0 Å². The van der Waals surface area contributed by atoms with E-state index in [1.54, 1.807) is 0 Å². The average Bonchev–Trinajstić information content (AvgIpc) is 2.25. The third-order valence-electron chi connectivity index (χ3n) is 2.86. The number of carbonyl (C=O) groups is 1. The molecule has 3 nitrogen and oxygen atoms in total. The summed E-state index contributed by atoms with van der Waals surface area (Å²) in [5.41, 5.74) is 0. The SMILES string of the molecule is CCCCCCCCCC(=O)O[Si](C)(C)O[SiH](C)C. The van der Waals surface area contributed by atoms with Crippen LogP contribution in [-0.2, 0) is 13.3 Å². The van der Waals surface area contributed by atoms with E-state index in [-0.39, 0.29) is 5.97 Å². The van der Waals surface area contributed by atoms with Crippen molar-refractivity contribution in [1.29, 1.82) is 0 Å². The van der Waals surface area contributed by atoms with Crippen LogP contribution < -0.4 is 0 Å². The van der Waals surface area contributed by atoms with E-state index < -0.39 is 17.6 Å². The largest absolute Gasteiger partial charge is 0.495 e. The first-order valence-corrected chi connectivity index (χ1v) is 13.4. The Balaban J connectivity index is 3.59. The molecule has 0 aromatic rings. The Morgan fingerprint density at radius 3 is 2.05 bits per heavy atom. The second-order valence-corrected chi connectivity index (χ2v) is 12.0. The highest BCUT2D eigenvalue weighted by molar-refractivity contribution is 6.73. The minimum atomic E-state index is -2.20. The first kappa shape index (κ1) is 18.9. The Morgan fingerprint density at radius 1 is 1.00 bits per heavy atom. The summed E-state index contributed by atoms with van der Waals surface area (Å²) < 4.78 is 11.3. The van der Waals surface area contributed by atoms with Gasteiger partial charge in [-0.1, -0.05) is 45.4 Å². The van der Waals surface area contributed by atoms with Crippen LogP contribution in [0, 0.1) is 0 Å². The van der Waals surface area contributed by atoms with Gasteiger partial charge in [0.05, 0.1) is 0 Å². The van der Waals surface area contributed by atoms with E-state index in [1.165, 1.54) is 32.1 Å². The lowest BCUT2D eigenvalue weighted by molar-refractivity contribution is -0.136. The zero-order valence-electron chi connectivity index (χ0n) is 13.5. The molecule has 0 aromatic carbocycles. The lowest BCUT2D eigenvalue weighted by Gasteiger charge is -2.24. The molecule has 0 aromatic heterocycles. The maximum atomic E-state index is 11.7. The summed E-state index contributed by atoms with van der Waals surface area (Å²) in [4.78, 5) is 11.7. The van der Waals surface area contributed by atoms with Crippen molar-refractivity contribution in [3.63, 3.8) is 0 Å². The van der Waals surface area contributed by atoms with Crippen LogP contribution in [0.2, 0.25) is 26.2 Å². The number of hydrogen-bond donors (Lipinski definition) is 0. The second-order valence-electron chi connectivity index (χ2n) is 5.91. The van der Waals surface area contributed by atoms with Gasteiger partial charge in [-0.3, -0.25) is 4.79 Å². The first-order valence-electron chi connectivity index (χ1n) is 7.77. The van der Waals surface area contributed by atoms with E-state index in [2.05, 4.69) is 20.0 Å². The summed E-state index contributed by atoms with van der Waals surface area (Å²) in [5.74, 6) is -0.0696. The van der Waals surface area contributed by atoms with Crippen molar-refractivity contribution >= 4 is 23.6 Å². The Bertz CT molecular complexity index is 243. The predicted molar refractivity (Wildman–Crippen MR) is 86.1 cm³/mol. The van der Waals surface area contributed by atoms with Crippen molar-refractivity contribution in [2.45, 2.75) is 84.5 Å². The Hall–Kier alpha value is -0.136. The van der Waals surface area contributed by atoms with Gasteiger partial charge in [-0.2, -0.15) is 0 Å². The molecule has 0 spiro atoms. The van der Waals surface area contributed by atoms with Gasteiger partial charge in [0.1, 0.15) is 0 Å². The van der Waals surface area contributed by atoms with Gasteiger partial charge in [-0.05, 0) is 32.6 Å². The summed E-state index contributed by atoms with van der Waals surface area (Å²) in [6, 6.07) is 0. The van der Waals surface area contributed by atoms with Gasteiger partial charge in [-0.15, -0.1) is 0 Å². The summed E-state index contributed by atoms with van der Waals surface area (Å²) in [6.45, 7) is 10.4. The molecule has 0 saturated carbocycles. The fourth-order valence-electron chi connectivity index (χ4n) is 2.14. The molecule has 0 aliphatic heterocycles. The average molecular weight is 305 g/mol. The number of hydrogen-bond acceptors (Lipinski definition) is 3. The van der Waals surface area contributed by atoms with Crippen LogP contribution in [0.1, 0.15) is 58.3 Å². The Kier molecular flexibility index (Phi) is 10.6. The highest BCUT2D eigenvalue weighted by atomic mass is 28.4. The van der Waals surface area contributed by atoms with Crippen LogP contribution in [0.15, 0.2) is 0 Å². The molecule has 0 atom stereocenters. The van der Waals surface area contributed by atoms with Crippen molar-refractivity contribution in [2.75, 3.05) is 0 Å². The van der Waals surface area contributed by atoms with Crippen LogP contribution in [0.3, 0.4) is 0 Å². The normalized spacial score (nSPS) is 11.9. The number of unbranched alkanes of at least 4 members (excludes halogenated alkanes) is 6. The molecule has 0 saturated heterocycles. The van der Waals surface area contributed by atoms with E-state index in [9.17, 15) is 4.79 Å². The van der Waals surface area contributed by atoms with E-state index in [1.807, 2.05) is 13.1 Å². The number of carbonyl (C=O) groups excluding carboxylic acids is 1. The van der Waals surface area contributed by atoms with Crippen LogP contribution in [0.5, 0.6) is 0 Å². The van der Waals surface area contributed by atoms with Crippen molar-refractivity contribution in [1.82, 2.24) is 0 Å². The van der Waals surface area contributed by atoms with Crippen LogP contribution in [0.25, 0.3) is 0 Å². The lowest BCUT2D eigenvalue weighted by atomic mass is 10.1. The summed E-state index contributed by atoms with van der Waals surface area (Å²) >= 11 is 0. The molecule has 0 N–H and O–H groups in total. The molecular weight excluding hydrogens is 272 g/mol. The molecule has 0 unspecified atom stereocenters. The second kappa shape index (κ2) is 10.6. The summed E-state index contributed by atoms with van der Waals surface area (Å²) in [5, 5.41) is 0. The molecule has 0 rings (SSSR count). The third kappa shape index (κ3) is 12.6. The van der Waals surface area contributed by atoms with Gasteiger partial charge in [0.25, 0.3) is 5.97 Å². The molecule has 5 heteroatoms. The van der Waals surface area contributed by atoms with Gasteiger partial charge >= 0.3 is 8.56 Å². The van der Waals surface area contributed by atoms with Crippen molar-refractivity contribution in [2.24, 2.45) is 0 Å². The monoisotopic (exact) mass is 304 g/mol. The van der Waals surface area contributed by atoms with E-state index in [0.717, 1.165) is 12.8 Å². The van der Waals surface area contributed by atoms with E-state index in [0.29, 0.717) is 6.42 Å². The van der Waals surface area contributed by atoms with E-state index >= 15 is 0 Å². The first-order chi connectivity index (χ1) is 8.87. The fourth-order valence-corrected chi connectivity index (χ4v) is 7.53. The van der Waals surface area contributed by atoms with Crippen molar-refractivity contribution in [3.8, 4) is 0 Å². The number of rotatable bonds is 11. The maximum absolute atomic E-state index is 11.7. The molecule has 0 amide bonds. The molecular formula is C14H32O3Si2. The van der Waals surface area contributed by atoms with E-state index in [4.69, 9.17) is 8.54 Å². The van der Waals surface area contributed by atoms with Crippen molar-refractivity contribution < 1.29 is 13.3 Å². The van der Waals surface area contributed by atoms with Gasteiger partial charge in [0.2, 0.25) is 0 Å². The topological polar surface area (TPSA) is 35.5 Å².